The molecule has 0 saturated carbocycles. The summed E-state index contributed by atoms with van der Waals surface area (Å²) >= 11 is 0. The summed E-state index contributed by atoms with van der Waals surface area (Å²) in [7, 11) is 0. The summed E-state index contributed by atoms with van der Waals surface area (Å²) in [6, 6.07) is -0.796. The summed E-state index contributed by atoms with van der Waals surface area (Å²) < 4.78 is 11.2. The minimum Gasteiger partial charge on any atom is -0.394 e. The average molecular weight is 728 g/mol. The van der Waals surface area contributed by atoms with Gasteiger partial charge in [0.2, 0.25) is 5.91 Å². The van der Waals surface area contributed by atoms with Crippen LogP contribution in [0.5, 0.6) is 0 Å². The van der Waals surface area contributed by atoms with Crippen molar-refractivity contribution in [2.45, 2.75) is 236 Å². The zero-order valence-corrected chi connectivity index (χ0v) is 32.9. The largest absolute Gasteiger partial charge is 0.394 e. The van der Waals surface area contributed by atoms with Crippen LogP contribution in [-0.2, 0) is 14.3 Å². The van der Waals surface area contributed by atoms with E-state index in [-0.39, 0.29) is 12.5 Å². The zero-order valence-electron chi connectivity index (χ0n) is 32.9. The van der Waals surface area contributed by atoms with Crippen molar-refractivity contribution in [1.82, 2.24) is 5.32 Å². The molecule has 2 unspecified atom stereocenters. The molecule has 0 aromatic heterocycles. The van der Waals surface area contributed by atoms with Crippen molar-refractivity contribution in [3.63, 3.8) is 0 Å². The maximum atomic E-state index is 12.9. The van der Waals surface area contributed by atoms with E-state index in [0.29, 0.717) is 6.42 Å². The molecule has 51 heavy (non-hydrogen) atoms. The number of carbonyl (C=O) groups excluding carboxylic acids is 1. The molecule has 9 heteroatoms. The summed E-state index contributed by atoms with van der Waals surface area (Å²) in [6.45, 7) is 3.74. The Hall–Kier alpha value is -1.07. The van der Waals surface area contributed by atoms with E-state index in [1.807, 2.05) is 6.08 Å². The first-order valence-corrected chi connectivity index (χ1v) is 21.4. The van der Waals surface area contributed by atoms with Crippen LogP contribution in [0.4, 0.5) is 0 Å². The number of hydrogen-bond acceptors (Lipinski definition) is 8. The Labute approximate surface area is 312 Å². The van der Waals surface area contributed by atoms with Gasteiger partial charge in [-0.1, -0.05) is 180 Å². The summed E-state index contributed by atoms with van der Waals surface area (Å²) in [6.07, 6.45) is 29.8. The molecule has 0 aromatic rings. The van der Waals surface area contributed by atoms with Gasteiger partial charge in [-0.05, 0) is 19.3 Å². The second-order valence-corrected chi connectivity index (χ2v) is 15.1. The minimum absolute atomic E-state index is 0.177. The Morgan fingerprint density at radius 1 is 0.647 bits per heavy atom. The number of allylic oxidation sites excluding steroid dienone is 1. The third kappa shape index (κ3) is 24.8. The van der Waals surface area contributed by atoms with Crippen LogP contribution in [-0.4, -0.2) is 87.5 Å². The molecule has 302 valence electrons. The van der Waals surface area contributed by atoms with Gasteiger partial charge in [0.25, 0.3) is 0 Å². The number of aliphatic hydroxyl groups is 5. The van der Waals surface area contributed by atoms with Gasteiger partial charge in [-0.3, -0.25) is 4.79 Å². The number of hydrogen-bond donors (Lipinski definition) is 6. The third-order valence-corrected chi connectivity index (χ3v) is 10.4. The summed E-state index contributed by atoms with van der Waals surface area (Å²) in [5.74, 6) is -0.177. The molecule has 1 aliphatic rings. The normalized spacial score (nSPS) is 22.1. The minimum atomic E-state index is -1.56. The van der Waals surface area contributed by atoms with Crippen LogP contribution in [0.15, 0.2) is 12.2 Å². The van der Waals surface area contributed by atoms with E-state index in [1.54, 1.807) is 6.08 Å². The van der Waals surface area contributed by atoms with Crippen molar-refractivity contribution in [2.24, 2.45) is 0 Å². The molecule has 0 spiro atoms. The Kier molecular flexibility index (Phi) is 31.5. The molecule has 1 amide bonds. The number of unbranched alkanes of at least 4 members (excludes halogenated alkanes) is 25. The van der Waals surface area contributed by atoms with Gasteiger partial charge in [0.1, 0.15) is 24.4 Å². The van der Waals surface area contributed by atoms with Crippen molar-refractivity contribution in [3.05, 3.63) is 12.2 Å². The van der Waals surface area contributed by atoms with Gasteiger partial charge in [0, 0.05) is 6.42 Å². The van der Waals surface area contributed by atoms with Crippen LogP contribution < -0.4 is 5.32 Å². The van der Waals surface area contributed by atoms with E-state index in [9.17, 15) is 30.3 Å². The van der Waals surface area contributed by atoms with Crippen molar-refractivity contribution in [2.75, 3.05) is 13.2 Å². The summed E-state index contributed by atoms with van der Waals surface area (Å²) in [5.41, 5.74) is 0. The predicted octanol–water partition coefficient (Wildman–Crippen LogP) is 8.17. The smallest absolute Gasteiger partial charge is 0.220 e. The van der Waals surface area contributed by atoms with Gasteiger partial charge >= 0.3 is 0 Å². The van der Waals surface area contributed by atoms with Crippen LogP contribution >= 0.6 is 0 Å². The van der Waals surface area contributed by atoms with Gasteiger partial charge in [-0.2, -0.15) is 0 Å². The summed E-state index contributed by atoms with van der Waals surface area (Å²) in [5, 5.41) is 53.9. The SMILES string of the molecule is CCCCCCCCC/C=C/[C@@H](O)[C@H](CO[C@H]1O[C@@H](CO)[C@H](O)C(O)C1O)NC(=O)CCCCCCCCCCCCCCCCCCCCC. The highest BCUT2D eigenvalue weighted by Gasteiger charge is 2.44. The molecular weight excluding hydrogens is 646 g/mol. The van der Waals surface area contributed by atoms with Gasteiger partial charge in [0.05, 0.1) is 25.4 Å². The van der Waals surface area contributed by atoms with Crippen molar-refractivity contribution < 1.29 is 39.8 Å². The molecule has 1 aliphatic heterocycles. The van der Waals surface area contributed by atoms with Crippen LogP contribution in [0.25, 0.3) is 0 Å². The number of aliphatic hydroxyl groups excluding tert-OH is 5. The Bertz CT molecular complexity index is 812. The molecule has 0 bridgehead atoms. The fourth-order valence-electron chi connectivity index (χ4n) is 6.86. The Morgan fingerprint density at radius 2 is 1.08 bits per heavy atom. The average Bonchev–Trinajstić information content (AvgIpc) is 3.13. The zero-order chi connectivity index (χ0) is 37.4. The second kappa shape index (κ2) is 33.5. The van der Waals surface area contributed by atoms with Crippen molar-refractivity contribution >= 4 is 5.91 Å². The first-order chi connectivity index (χ1) is 24.8. The lowest BCUT2D eigenvalue weighted by Gasteiger charge is -2.40. The van der Waals surface area contributed by atoms with E-state index in [0.717, 1.165) is 38.5 Å². The Morgan fingerprint density at radius 3 is 1.53 bits per heavy atom. The molecule has 1 rings (SSSR count). The molecule has 7 atom stereocenters. The maximum Gasteiger partial charge on any atom is 0.220 e. The first-order valence-electron chi connectivity index (χ1n) is 21.4. The molecule has 0 aliphatic carbocycles. The molecule has 0 aromatic carbocycles. The molecule has 1 heterocycles. The molecule has 9 nitrogen and oxygen atoms in total. The topological polar surface area (TPSA) is 149 Å². The molecular formula is C42H81NO8. The van der Waals surface area contributed by atoms with Crippen LogP contribution in [0, 0.1) is 0 Å². The number of amides is 1. The third-order valence-electron chi connectivity index (χ3n) is 10.4. The molecule has 1 saturated heterocycles. The standard InChI is InChI=1S/C42H81NO8/c1-3-5-7-9-11-13-14-15-16-17-18-19-20-21-22-24-26-28-30-32-38(46)43-35(36(45)31-29-27-25-23-12-10-8-6-4-2)34-50-42-41(49)40(48)39(47)37(33-44)51-42/h29,31,35-37,39-42,44-45,47-49H,3-28,30,32-34H2,1-2H3,(H,43,46)/b31-29+/t35-,36+,37-,39-,40?,41?,42-/m0/s1. The molecule has 6 N–H and O–H groups in total. The lowest BCUT2D eigenvalue weighted by molar-refractivity contribution is -0.302. The van der Waals surface area contributed by atoms with Gasteiger partial charge in [-0.25, -0.2) is 0 Å². The fourth-order valence-corrected chi connectivity index (χ4v) is 6.86. The van der Waals surface area contributed by atoms with E-state index in [2.05, 4.69) is 19.2 Å². The lowest BCUT2D eigenvalue weighted by atomic mass is 9.99. The first kappa shape index (κ1) is 48.0. The monoisotopic (exact) mass is 728 g/mol. The molecule has 0 radical (unpaired) electrons. The van der Waals surface area contributed by atoms with Gasteiger partial charge in [0.15, 0.2) is 6.29 Å². The highest BCUT2D eigenvalue weighted by molar-refractivity contribution is 5.76. The summed E-state index contributed by atoms with van der Waals surface area (Å²) in [4.78, 5) is 12.9. The van der Waals surface area contributed by atoms with Crippen LogP contribution in [0.1, 0.15) is 194 Å². The fraction of sp³-hybridized carbons (Fsp3) is 0.929. The lowest BCUT2D eigenvalue weighted by Crippen LogP contribution is -2.60. The number of ether oxygens (including phenoxy) is 2. The predicted molar refractivity (Wildman–Crippen MR) is 207 cm³/mol. The number of rotatable bonds is 35. The Balaban J connectivity index is 2.30. The molecule has 1 fully saturated rings. The van der Waals surface area contributed by atoms with E-state index in [4.69, 9.17) is 9.47 Å². The van der Waals surface area contributed by atoms with Crippen molar-refractivity contribution in [3.8, 4) is 0 Å². The number of nitrogens with one attached hydrogen (secondary N) is 1. The highest BCUT2D eigenvalue weighted by Crippen LogP contribution is 2.22. The van der Waals surface area contributed by atoms with Crippen molar-refractivity contribution in [1.29, 1.82) is 0 Å². The van der Waals surface area contributed by atoms with E-state index >= 15 is 0 Å². The maximum absolute atomic E-state index is 12.9. The second-order valence-electron chi connectivity index (χ2n) is 15.1. The van der Waals surface area contributed by atoms with Crippen LogP contribution in [0.2, 0.25) is 0 Å². The van der Waals surface area contributed by atoms with Gasteiger partial charge < -0.3 is 40.3 Å². The van der Waals surface area contributed by atoms with E-state index in [1.165, 1.54) is 135 Å². The van der Waals surface area contributed by atoms with Crippen LogP contribution in [0.3, 0.4) is 0 Å². The number of carbonyl (C=O) groups is 1. The quantitative estimate of drug-likeness (QED) is 0.0283. The van der Waals surface area contributed by atoms with Gasteiger partial charge in [-0.15, -0.1) is 0 Å². The van der Waals surface area contributed by atoms with E-state index < -0.39 is 49.5 Å². The highest BCUT2D eigenvalue weighted by atomic mass is 16.7.